The third-order valence-electron chi connectivity index (χ3n) is 5.00. The lowest BCUT2D eigenvalue weighted by Gasteiger charge is -2.11. The summed E-state index contributed by atoms with van der Waals surface area (Å²) in [5.74, 6) is 1.47. The van der Waals surface area contributed by atoms with E-state index in [4.69, 9.17) is 14.5 Å². The molecule has 0 fully saturated rings. The topological polar surface area (TPSA) is 55.7 Å². The Morgan fingerprint density at radius 3 is 2.55 bits per heavy atom. The number of hydrogen-bond acceptors (Lipinski definition) is 6. The van der Waals surface area contributed by atoms with Gasteiger partial charge < -0.3 is 9.47 Å². The Bertz CT molecular complexity index is 1020. The van der Waals surface area contributed by atoms with E-state index in [0.717, 1.165) is 28.6 Å². The Morgan fingerprint density at radius 2 is 1.84 bits per heavy atom. The monoisotopic (exact) mass is 437 g/mol. The summed E-state index contributed by atoms with van der Waals surface area (Å²) < 4.78 is 11.3. The first-order chi connectivity index (χ1) is 15.0. The van der Waals surface area contributed by atoms with Crippen LogP contribution in [-0.4, -0.2) is 24.9 Å². The molecule has 0 atom stereocenters. The van der Waals surface area contributed by atoms with Gasteiger partial charge in [0, 0.05) is 10.9 Å². The van der Waals surface area contributed by atoms with Crippen LogP contribution in [0.2, 0.25) is 0 Å². The summed E-state index contributed by atoms with van der Waals surface area (Å²) >= 11 is 1.54. The number of hydrazone groups is 1. The van der Waals surface area contributed by atoms with Crippen molar-refractivity contribution in [2.24, 2.45) is 5.10 Å². The maximum atomic E-state index is 5.84. The van der Waals surface area contributed by atoms with Crippen molar-refractivity contribution >= 4 is 22.7 Å². The molecule has 0 aliphatic heterocycles. The van der Waals surface area contributed by atoms with Crippen molar-refractivity contribution in [1.29, 1.82) is 0 Å². The highest BCUT2D eigenvalue weighted by Gasteiger charge is 2.10. The van der Waals surface area contributed by atoms with Gasteiger partial charge in [0.05, 0.1) is 25.6 Å². The Hall–Kier alpha value is -2.86. The van der Waals surface area contributed by atoms with E-state index >= 15 is 0 Å². The van der Waals surface area contributed by atoms with E-state index in [1.54, 1.807) is 24.7 Å². The van der Waals surface area contributed by atoms with Gasteiger partial charge in [-0.1, -0.05) is 37.5 Å². The lowest BCUT2D eigenvalue weighted by Crippen LogP contribution is -2.00. The first-order valence-electron chi connectivity index (χ1n) is 10.7. The fraction of sp³-hybridized carbons (Fsp3) is 0.360. The lowest BCUT2D eigenvalue weighted by atomic mass is 9.98. The SMILES string of the molecule is CCCCCOc1ccc(/C=N\Nc2nc(-c3c(C)cc(C)cc3C)cs2)cc1OC. The highest BCUT2D eigenvalue weighted by atomic mass is 32.1. The van der Waals surface area contributed by atoms with E-state index in [2.05, 4.69) is 55.7 Å². The average molecular weight is 438 g/mol. The minimum atomic E-state index is 0.700. The van der Waals surface area contributed by atoms with Crippen LogP contribution < -0.4 is 14.9 Å². The molecular weight excluding hydrogens is 406 g/mol. The number of hydrogen-bond donors (Lipinski definition) is 1. The fourth-order valence-electron chi connectivity index (χ4n) is 3.60. The molecule has 3 rings (SSSR count). The number of ether oxygens (including phenoxy) is 2. The van der Waals surface area contributed by atoms with E-state index in [-0.39, 0.29) is 0 Å². The summed E-state index contributed by atoms with van der Waals surface area (Å²) in [5, 5.41) is 7.17. The van der Waals surface area contributed by atoms with E-state index < -0.39 is 0 Å². The van der Waals surface area contributed by atoms with E-state index in [9.17, 15) is 0 Å². The number of aryl methyl sites for hydroxylation is 3. The molecule has 0 unspecified atom stereocenters. The summed E-state index contributed by atoms with van der Waals surface area (Å²) in [6.45, 7) is 9.26. The van der Waals surface area contributed by atoms with Crippen molar-refractivity contribution in [2.45, 2.75) is 47.0 Å². The zero-order valence-corrected chi connectivity index (χ0v) is 19.8. The number of anilines is 1. The number of rotatable bonds is 10. The van der Waals surface area contributed by atoms with Crippen LogP contribution in [0.15, 0.2) is 40.8 Å². The molecule has 0 saturated carbocycles. The number of methoxy groups -OCH3 is 1. The molecule has 0 bridgehead atoms. The third kappa shape index (κ3) is 6.07. The second-order valence-corrected chi connectivity index (χ2v) is 8.51. The van der Waals surface area contributed by atoms with Crippen molar-refractivity contribution in [2.75, 3.05) is 19.1 Å². The maximum absolute atomic E-state index is 5.84. The number of aromatic nitrogens is 1. The molecule has 0 spiro atoms. The van der Waals surface area contributed by atoms with Gasteiger partial charge in [-0.05, 0) is 62.1 Å². The van der Waals surface area contributed by atoms with Gasteiger partial charge in [-0.3, -0.25) is 5.43 Å². The minimum Gasteiger partial charge on any atom is -0.493 e. The number of thiazole rings is 1. The van der Waals surface area contributed by atoms with E-state index in [1.807, 2.05) is 18.2 Å². The van der Waals surface area contributed by atoms with Crippen LogP contribution in [-0.2, 0) is 0 Å². The molecule has 3 aromatic rings. The molecule has 0 radical (unpaired) electrons. The third-order valence-corrected chi connectivity index (χ3v) is 5.75. The smallest absolute Gasteiger partial charge is 0.203 e. The summed E-state index contributed by atoms with van der Waals surface area (Å²) in [6, 6.07) is 10.2. The van der Waals surface area contributed by atoms with Crippen LogP contribution in [0.4, 0.5) is 5.13 Å². The van der Waals surface area contributed by atoms with Crippen molar-refractivity contribution in [3.63, 3.8) is 0 Å². The van der Waals surface area contributed by atoms with Crippen LogP contribution in [0, 0.1) is 20.8 Å². The van der Waals surface area contributed by atoms with E-state index in [1.165, 1.54) is 35.1 Å². The molecule has 31 heavy (non-hydrogen) atoms. The molecule has 6 heteroatoms. The fourth-order valence-corrected chi connectivity index (χ4v) is 4.25. The number of unbranched alkanes of at least 4 members (excludes halogenated alkanes) is 2. The first kappa shape index (κ1) is 22.8. The highest BCUT2D eigenvalue weighted by Crippen LogP contribution is 2.31. The second kappa shape index (κ2) is 11.0. The van der Waals surface area contributed by atoms with Gasteiger partial charge in [0.15, 0.2) is 11.5 Å². The van der Waals surface area contributed by atoms with Crippen molar-refractivity contribution in [3.8, 4) is 22.8 Å². The molecule has 0 saturated heterocycles. The van der Waals surface area contributed by atoms with E-state index in [0.29, 0.717) is 12.4 Å². The van der Waals surface area contributed by atoms with Gasteiger partial charge in [-0.25, -0.2) is 4.98 Å². The van der Waals surface area contributed by atoms with Crippen molar-refractivity contribution in [1.82, 2.24) is 4.98 Å². The lowest BCUT2D eigenvalue weighted by molar-refractivity contribution is 0.286. The largest absolute Gasteiger partial charge is 0.493 e. The summed E-state index contributed by atoms with van der Waals surface area (Å²) in [7, 11) is 1.65. The van der Waals surface area contributed by atoms with Gasteiger partial charge in [0.1, 0.15) is 0 Å². The highest BCUT2D eigenvalue weighted by molar-refractivity contribution is 7.14. The second-order valence-electron chi connectivity index (χ2n) is 7.65. The summed E-state index contributed by atoms with van der Waals surface area (Å²) in [4.78, 5) is 4.71. The van der Waals surface area contributed by atoms with Crippen LogP contribution >= 0.6 is 11.3 Å². The van der Waals surface area contributed by atoms with Gasteiger partial charge in [-0.15, -0.1) is 11.3 Å². The van der Waals surface area contributed by atoms with Gasteiger partial charge in [0.2, 0.25) is 5.13 Å². The Balaban J connectivity index is 1.65. The van der Waals surface area contributed by atoms with Gasteiger partial charge in [0.25, 0.3) is 0 Å². The van der Waals surface area contributed by atoms with Gasteiger partial charge in [-0.2, -0.15) is 5.10 Å². The summed E-state index contributed by atoms with van der Waals surface area (Å²) in [6.07, 6.45) is 5.14. The Kier molecular flexibility index (Phi) is 8.06. The number of nitrogens with one attached hydrogen (secondary N) is 1. The van der Waals surface area contributed by atoms with Gasteiger partial charge >= 0.3 is 0 Å². The molecule has 2 aromatic carbocycles. The minimum absolute atomic E-state index is 0.700. The Labute approximate surface area is 189 Å². The van der Waals surface area contributed by atoms with Crippen molar-refractivity contribution in [3.05, 3.63) is 58.0 Å². The normalized spacial score (nSPS) is 11.1. The van der Waals surface area contributed by atoms with Crippen LogP contribution in [0.5, 0.6) is 11.5 Å². The molecule has 164 valence electrons. The molecule has 1 N–H and O–H groups in total. The zero-order valence-electron chi connectivity index (χ0n) is 19.0. The first-order valence-corrected chi connectivity index (χ1v) is 11.5. The molecule has 1 heterocycles. The number of nitrogens with zero attached hydrogens (tertiary/aromatic N) is 2. The standard InChI is InChI=1S/C25H31N3O2S/c1-6-7-8-11-30-22-10-9-20(14-23(22)29-5)15-26-28-25-27-21(16-31-25)24-18(3)12-17(2)13-19(24)4/h9-10,12-16H,6-8,11H2,1-5H3,(H,27,28)/b26-15-. The predicted molar refractivity (Wildman–Crippen MR) is 131 cm³/mol. The molecular formula is C25H31N3O2S. The molecule has 5 nitrogen and oxygen atoms in total. The predicted octanol–water partition coefficient (Wildman–Crippen LogP) is 6.76. The van der Waals surface area contributed by atoms with Crippen LogP contribution in [0.1, 0.15) is 48.4 Å². The quantitative estimate of drug-likeness (QED) is 0.216. The molecule has 0 amide bonds. The maximum Gasteiger partial charge on any atom is 0.203 e. The molecule has 0 aliphatic carbocycles. The molecule has 0 aliphatic rings. The van der Waals surface area contributed by atoms with Crippen LogP contribution in [0.25, 0.3) is 11.3 Å². The summed E-state index contributed by atoms with van der Waals surface area (Å²) in [5.41, 5.74) is 9.87. The molecule has 1 aromatic heterocycles. The Morgan fingerprint density at radius 1 is 1.06 bits per heavy atom. The zero-order chi connectivity index (χ0) is 22.2. The van der Waals surface area contributed by atoms with Crippen molar-refractivity contribution < 1.29 is 9.47 Å². The van der Waals surface area contributed by atoms with Crippen LogP contribution in [0.3, 0.4) is 0 Å². The number of benzene rings is 2. The average Bonchev–Trinajstić information content (AvgIpc) is 3.19.